The third-order valence-corrected chi connectivity index (χ3v) is 7.28. The Kier molecular flexibility index (Phi) is 6.08. The van der Waals surface area contributed by atoms with Gasteiger partial charge < -0.3 is 9.84 Å². The van der Waals surface area contributed by atoms with Crippen LogP contribution in [0, 0.1) is 11.8 Å². The van der Waals surface area contributed by atoms with Crippen molar-refractivity contribution in [2.75, 3.05) is 13.1 Å². The summed E-state index contributed by atoms with van der Waals surface area (Å²) >= 11 is 0. The number of aromatic hydroxyl groups is 1. The Balaban J connectivity index is 1.47. The van der Waals surface area contributed by atoms with Gasteiger partial charge in [-0.1, -0.05) is 18.2 Å². The van der Waals surface area contributed by atoms with E-state index < -0.39 is 11.7 Å². The van der Waals surface area contributed by atoms with Crippen LogP contribution in [0.15, 0.2) is 67.4 Å². The van der Waals surface area contributed by atoms with Crippen LogP contribution in [0.2, 0.25) is 0 Å². The Hall–Kier alpha value is -2.90. The van der Waals surface area contributed by atoms with E-state index in [0.29, 0.717) is 17.4 Å². The number of hydrogen-bond donors (Lipinski definition) is 1. The number of rotatable bonds is 6. The number of aromatic nitrogens is 1. The molecule has 0 spiro atoms. The summed E-state index contributed by atoms with van der Waals surface area (Å²) in [6.45, 7) is 6.10. The van der Waals surface area contributed by atoms with Gasteiger partial charge in [0.15, 0.2) is 0 Å². The molecule has 5 atom stereocenters. The zero-order valence-electron chi connectivity index (χ0n) is 18.7. The Morgan fingerprint density at radius 2 is 1.97 bits per heavy atom. The predicted octanol–water partition coefficient (Wildman–Crippen LogP) is 6.11. The lowest BCUT2D eigenvalue weighted by atomic mass is 9.73. The van der Waals surface area contributed by atoms with Crippen LogP contribution in [-0.4, -0.2) is 34.1 Å². The largest absolute Gasteiger partial charge is 0.508 e. The third kappa shape index (κ3) is 4.42. The van der Waals surface area contributed by atoms with Gasteiger partial charge in [0.2, 0.25) is 0 Å². The number of fused-ring (bicyclic) bond motifs is 4. The summed E-state index contributed by atoms with van der Waals surface area (Å²) in [5.41, 5.74) is 1.70. The Labute approximate surface area is 196 Å². The quantitative estimate of drug-likeness (QED) is 0.443. The van der Waals surface area contributed by atoms with Gasteiger partial charge >= 0.3 is 6.18 Å². The molecule has 3 aliphatic rings. The molecule has 4 heterocycles. The standard InChI is InChI=1S/C27H27F3N2O2/c1-2-18-15-32-12-10-19(18)13-25(32)26(22-9-11-31-24-8-7-21(33)14-23(22)24)34-16-17-3-5-20(6-4-17)27(28,29)30/h2-9,11,14,18-19,25-26,33H,1,10,12-13,15-16H2/t18-,19-,25-,26-/m0/s1. The number of alkyl halides is 3. The van der Waals surface area contributed by atoms with E-state index in [-0.39, 0.29) is 24.5 Å². The summed E-state index contributed by atoms with van der Waals surface area (Å²) in [5, 5.41) is 11.0. The highest BCUT2D eigenvalue weighted by molar-refractivity contribution is 5.83. The number of nitrogens with zero attached hydrogens (tertiary/aromatic N) is 2. The second-order valence-corrected chi connectivity index (χ2v) is 9.27. The van der Waals surface area contributed by atoms with Crippen molar-refractivity contribution in [3.05, 3.63) is 84.1 Å². The van der Waals surface area contributed by atoms with E-state index in [0.717, 1.165) is 54.5 Å². The second-order valence-electron chi connectivity index (χ2n) is 9.27. The maximum absolute atomic E-state index is 13.0. The van der Waals surface area contributed by atoms with E-state index in [1.807, 2.05) is 12.1 Å². The fourth-order valence-corrected chi connectivity index (χ4v) is 5.48. The van der Waals surface area contributed by atoms with Crippen LogP contribution in [0.25, 0.3) is 10.9 Å². The number of phenols is 1. The van der Waals surface area contributed by atoms with Gasteiger partial charge in [0.25, 0.3) is 0 Å². The Bertz CT molecular complexity index is 1180. The first-order valence-electron chi connectivity index (χ1n) is 11.6. The predicted molar refractivity (Wildman–Crippen MR) is 124 cm³/mol. The molecule has 34 heavy (non-hydrogen) atoms. The van der Waals surface area contributed by atoms with Crippen LogP contribution < -0.4 is 0 Å². The van der Waals surface area contributed by atoms with E-state index in [9.17, 15) is 18.3 Å². The molecule has 1 N–H and O–H groups in total. The second kappa shape index (κ2) is 9.04. The van der Waals surface area contributed by atoms with E-state index in [1.165, 1.54) is 12.1 Å². The maximum Gasteiger partial charge on any atom is 0.416 e. The van der Waals surface area contributed by atoms with Crippen molar-refractivity contribution < 1.29 is 23.0 Å². The minimum atomic E-state index is -4.36. The molecule has 3 fully saturated rings. The van der Waals surface area contributed by atoms with Gasteiger partial charge in [-0.05, 0) is 78.7 Å². The van der Waals surface area contributed by atoms with E-state index in [4.69, 9.17) is 4.74 Å². The van der Waals surface area contributed by atoms with Crippen molar-refractivity contribution in [3.63, 3.8) is 0 Å². The van der Waals surface area contributed by atoms with Crippen LogP contribution in [0.1, 0.15) is 35.6 Å². The highest BCUT2D eigenvalue weighted by Gasteiger charge is 2.43. The molecule has 178 valence electrons. The topological polar surface area (TPSA) is 45.6 Å². The first-order valence-corrected chi connectivity index (χ1v) is 11.6. The van der Waals surface area contributed by atoms with Gasteiger partial charge in [-0.2, -0.15) is 13.2 Å². The van der Waals surface area contributed by atoms with Crippen molar-refractivity contribution in [3.8, 4) is 5.75 Å². The molecule has 7 heteroatoms. The van der Waals surface area contributed by atoms with Gasteiger partial charge in [-0.3, -0.25) is 9.88 Å². The lowest BCUT2D eigenvalue weighted by molar-refractivity contribution is -0.137. The molecular formula is C27H27F3N2O2. The minimum absolute atomic E-state index is 0.123. The lowest BCUT2D eigenvalue weighted by Gasteiger charge is -2.51. The molecule has 1 unspecified atom stereocenters. The summed E-state index contributed by atoms with van der Waals surface area (Å²) in [4.78, 5) is 6.88. The summed E-state index contributed by atoms with van der Waals surface area (Å²) in [6.07, 6.45) is 1.18. The highest BCUT2D eigenvalue weighted by Crippen LogP contribution is 2.44. The number of halogens is 3. The summed E-state index contributed by atoms with van der Waals surface area (Å²) in [5.74, 6) is 1.14. The molecule has 3 aliphatic heterocycles. The molecule has 2 aromatic carbocycles. The summed E-state index contributed by atoms with van der Waals surface area (Å²) in [7, 11) is 0. The molecule has 4 nitrogen and oxygen atoms in total. The van der Waals surface area contributed by atoms with Crippen molar-refractivity contribution in [1.29, 1.82) is 0 Å². The Morgan fingerprint density at radius 3 is 2.65 bits per heavy atom. The van der Waals surface area contributed by atoms with Crippen LogP contribution in [-0.2, 0) is 17.5 Å². The number of pyridine rings is 1. The lowest BCUT2D eigenvalue weighted by Crippen LogP contribution is -2.55. The Morgan fingerprint density at radius 1 is 1.18 bits per heavy atom. The maximum atomic E-state index is 13.0. The summed E-state index contributed by atoms with van der Waals surface area (Å²) in [6, 6.07) is 12.3. The van der Waals surface area contributed by atoms with E-state index in [2.05, 4.69) is 16.5 Å². The molecule has 2 bridgehead atoms. The smallest absolute Gasteiger partial charge is 0.416 e. The number of hydrogen-bond acceptors (Lipinski definition) is 4. The zero-order valence-corrected chi connectivity index (χ0v) is 18.7. The average molecular weight is 469 g/mol. The zero-order chi connectivity index (χ0) is 23.9. The molecule has 6 rings (SSSR count). The molecular weight excluding hydrogens is 441 g/mol. The van der Waals surface area contributed by atoms with Gasteiger partial charge in [-0.25, -0.2) is 0 Å². The van der Waals surface area contributed by atoms with Gasteiger partial charge in [-0.15, -0.1) is 6.58 Å². The van der Waals surface area contributed by atoms with E-state index >= 15 is 0 Å². The first-order chi connectivity index (χ1) is 16.3. The summed E-state index contributed by atoms with van der Waals surface area (Å²) < 4.78 is 45.4. The first kappa shape index (κ1) is 22.9. The monoisotopic (exact) mass is 468 g/mol. The highest BCUT2D eigenvalue weighted by atomic mass is 19.4. The molecule has 3 aromatic rings. The van der Waals surface area contributed by atoms with Crippen molar-refractivity contribution in [2.45, 2.75) is 37.8 Å². The molecule has 0 saturated carbocycles. The molecule has 1 aromatic heterocycles. The average Bonchev–Trinajstić information content (AvgIpc) is 2.84. The molecule has 3 saturated heterocycles. The van der Waals surface area contributed by atoms with E-state index in [1.54, 1.807) is 24.4 Å². The number of phenolic OH excluding ortho intramolecular Hbond substituents is 1. The van der Waals surface area contributed by atoms with Crippen LogP contribution in [0.4, 0.5) is 13.2 Å². The van der Waals surface area contributed by atoms with Crippen LogP contribution in [0.3, 0.4) is 0 Å². The normalized spacial score (nSPS) is 25.4. The van der Waals surface area contributed by atoms with Crippen molar-refractivity contribution >= 4 is 10.9 Å². The number of ether oxygens (including phenoxy) is 1. The van der Waals surface area contributed by atoms with Gasteiger partial charge in [0.05, 0.1) is 23.8 Å². The SMILES string of the molecule is C=C[C@H]1CN2CC[C@H]1C[C@H]2[C@@H](OCc1ccc(C(F)(F)F)cc1)c1ccnc2ccc(O)cc12. The van der Waals surface area contributed by atoms with Crippen LogP contribution in [0.5, 0.6) is 5.75 Å². The molecule has 0 aliphatic carbocycles. The fourth-order valence-electron chi connectivity index (χ4n) is 5.48. The molecule has 0 amide bonds. The van der Waals surface area contributed by atoms with Crippen molar-refractivity contribution in [2.24, 2.45) is 11.8 Å². The minimum Gasteiger partial charge on any atom is -0.508 e. The number of piperidine rings is 3. The van der Waals surface area contributed by atoms with Crippen LogP contribution >= 0.6 is 0 Å². The number of benzene rings is 2. The fraction of sp³-hybridized carbons (Fsp3) is 0.370. The molecule has 0 radical (unpaired) electrons. The third-order valence-electron chi connectivity index (χ3n) is 7.28. The van der Waals surface area contributed by atoms with Gasteiger partial charge in [0.1, 0.15) is 5.75 Å². The van der Waals surface area contributed by atoms with Gasteiger partial charge in [0, 0.05) is 24.2 Å². The van der Waals surface area contributed by atoms with Crippen molar-refractivity contribution in [1.82, 2.24) is 9.88 Å².